The van der Waals surface area contributed by atoms with Gasteiger partial charge >= 0.3 is 0 Å². The molecule has 0 aliphatic rings. The number of hydrogen-bond donors (Lipinski definition) is 2. The SMILES string of the molecule is CCCCC/C=C\C/C=C\CCCCCCCC(=O)NCC(O)c1ccccc1. The minimum atomic E-state index is -0.634. The van der Waals surface area contributed by atoms with E-state index in [1.807, 2.05) is 30.3 Å². The van der Waals surface area contributed by atoms with Crippen LogP contribution in [0.15, 0.2) is 54.6 Å². The van der Waals surface area contributed by atoms with Gasteiger partial charge in [-0.25, -0.2) is 0 Å². The van der Waals surface area contributed by atoms with Crippen molar-refractivity contribution in [2.45, 2.75) is 90.1 Å². The zero-order valence-electron chi connectivity index (χ0n) is 18.3. The molecule has 1 unspecified atom stereocenters. The van der Waals surface area contributed by atoms with E-state index in [-0.39, 0.29) is 12.5 Å². The van der Waals surface area contributed by atoms with Crippen LogP contribution in [0.1, 0.15) is 95.6 Å². The van der Waals surface area contributed by atoms with E-state index in [9.17, 15) is 9.90 Å². The summed E-state index contributed by atoms with van der Waals surface area (Å²) >= 11 is 0. The van der Waals surface area contributed by atoms with Crippen molar-refractivity contribution in [2.24, 2.45) is 0 Å². The molecule has 1 aromatic rings. The monoisotopic (exact) mass is 399 g/mol. The molecule has 2 N–H and O–H groups in total. The van der Waals surface area contributed by atoms with Crippen LogP contribution < -0.4 is 5.32 Å². The Morgan fingerprint density at radius 3 is 2.21 bits per heavy atom. The van der Waals surface area contributed by atoms with Gasteiger partial charge in [-0.15, -0.1) is 0 Å². The van der Waals surface area contributed by atoms with E-state index >= 15 is 0 Å². The predicted molar refractivity (Wildman–Crippen MR) is 124 cm³/mol. The van der Waals surface area contributed by atoms with E-state index in [2.05, 4.69) is 36.5 Å². The average molecular weight is 400 g/mol. The van der Waals surface area contributed by atoms with Crippen molar-refractivity contribution in [1.82, 2.24) is 5.32 Å². The largest absolute Gasteiger partial charge is 0.387 e. The Labute approximate surface area is 178 Å². The molecule has 162 valence electrons. The van der Waals surface area contributed by atoms with Gasteiger partial charge in [-0.3, -0.25) is 4.79 Å². The van der Waals surface area contributed by atoms with Crippen molar-refractivity contribution >= 4 is 5.91 Å². The summed E-state index contributed by atoms with van der Waals surface area (Å²) in [6, 6.07) is 9.44. The summed E-state index contributed by atoms with van der Waals surface area (Å²) in [5, 5.41) is 12.9. The summed E-state index contributed by atoms with van der Waals surface area (Å²) in [7, 11) is 0. The van der Waals surface area contributed by atoms with Gasteiger partial charge in [-0.2, -0.15) is 0 Å². The first-order chi connectivity index (χ1) is 14.2. The Hall–Kier alpha value is -1.87. The minimum absolute atomic E-state index is 0.0330. The Kier molecular flexibility index (Phi) is 15.8. The third-order valence-electron chi connectivity index (χ3n) is 5.03. The highest BCUT2D eigenvalue weighted by Crippen LogP contribution is 2.11. The number of allylic oxidation sites excluding steroid dienone is 4. The molecule has 0 aromatic heterocycles. The van der Waals surface area contributed by atoms with Crippen LogP contribution in [0.3, 0.4) is 0 Å². The molecule has 0 bridgehead atoms. The average Bonchev–Trinajstić information content (AvgIpc) is 2.75. The summed E-state index contributed by atoms with van der Waals surface area (Å²) in [6.45, 7) is 2.52. The zero-order valence-corrected chi connectivity index (χ0v) is 18.3. The Balaban J connectivity index is 1.90. The van der Waals surface area contributed by atoms with Crippen LogP contribution in [-0.4, -0.2) is 17.6 Å². The van der Waals surface area contributed by atoms with Crippen LogP contribution >= 0.6 is 0 Å². The van der Waals surface area contributed by atoms with Crippen molar-refractivity contribution in [2.75, 3.05) is 6.54 Å². The molecule has 29 heavy (non-hydrogen) atoms. The first-order valence-corrected chi connectivity index (χ1v) is 11.5. The standard InChI is InChI=1S/C26H41NO2/c1-2-3-4-5-6-7-8-9-10-11-12-13-14-15-19-22-26(29)27-23-25(28)24-20-17-16-18-21-24/h6-7,9-10,16-18,20-21,25,28H,2-5,8,11-15,19,22-23H2,1H3,(H,27,29)/b7-6-,10-9-. The summed E-state index contributed by atoms with van der Waals surface area (Å²) in [6.07, 6.45) is 22.1. The molecule has 0 aliphatic carbocycles. The highest BCUT2D eigenvalue weighted by molar-refractivity contribution is 5.75. The highest BCUT2D eigenvalue weighted by Gasteiger charge is 2.08. The molecule has 0 heterocycles. The van der Waals surface area contributed by atoms with E-state index < -0.39 is 6.10 Å². The third kappa shape index (κ3) is 14.7. The Morgan fingerprint density at radius 2 is 1.52 bits per heavy atom. The summed E-state index contributed by atoms with van der Waals surface area (Å²) < 4.78 is 0. The fourth-order valence-electron chi connectivity index (χ4n) is 3.19. The lowest BCUT2D eigenvalue weighted by atomic mass is 10.1. The van der Waals surface area contributed by atoms with Gasteiger partial charge in [-0.05, 0) is 44.1 Å². The number of aliphatic hydroxyl groups excluding tert-OH is 1. The number of unbranched alkanes of at least 4 members (excludes halogenated alkanes) is 8. The van der Waals surface area contributed by atoms with Crippen LogP contribution in [0.4, 0.5) is 0 Å². The predicted octanol–water partition coefficient (Wildman–Crippen LogP) is 6.65. The Morgan fingerprint density at radius 1 is 0.897 bits per heavy atom. The lowest BCUT2D eigenvalue weighted by Gasteiger charge is -2.12. The molecule has 1 atom stereocenters. The van der Waals surface area contributed by atoms with E-state index in [4.69, 9.17) is 0 Å². The molecular formula is C26H41NO2. The van der Waals surface area contributed by atoms with Crippen LogP contribution in [0.25, 0.3) is 0 Å². The quantitative estimate of drug-likeness (QED) is 0.227. The van der Waals surface area contributed by atoms with Gasteiger partial charge in [0.2, 0.25) is 5.91 Å². The van der Waals surface area contributed by atoms with Gasteiger partial charge in [0.05, 0.1) is 6.10 Å². The minimum Gasteiger partial charge on any atom is -0.387 e. The zero-order chi connectivity index (χ0) is 21.0. The maximum Gasteiger partial charge on any atom is 0.220 e. The molecule has 0 spiro atoms. The van der Waals surface area contributed by atoms with Gasteiger partial charge in [0.1, 0.15) is 0 Å². The van der Waals surface area contributed by atoms with Gasteiger partial charge in [0.15, 0.2) is 0 Å². The third-order valence-corrected chi connectivity index (χ3v) is 5.03. The van der Waals surface area contributed by atoms with Crippen LogP contribution in [-0.2, 0) is 4.79 Å². The molecule has 1 aromatic carbocycles. The molecular weight excluding hydrogens is 358 g/mol. The summed E-state index contributed by atoms with van der Waals surface area (Å²) in [5.41, 5.74) is 0.838. The fraction of sp³-hybridized carbons (Fsp3) is 0.577. The Bertz CT molecular complexity index is 565. The van der Waals surface area contributed by atoms with Gasteiger partial charge in [-0.1, -0.05) is 93.7 Å². The van der Waals surface area contributed by atoms with Gasteiger partial charge in [0, 0.05) is 13.0 Å². The first-order valence-electron chi connectivity index (χ1n) is 11.5. The molecule has 3 heteroatoms. The van der Waals surface area contributed by atoms with Crippen molar-refractivity contribution in [3.8, 4) is 0 Å². The van der Waals surface area contributed by atoms with E-state index in [0.29, 0.717) is 6.42 Å². The first kappa shape index (κ1) is 25.2. The molecule has 0 saturated heterocycles. The lowest BCUT2D eigenvalue weighted by molar-refractivity contribution is -0.121. The van der Waals surface area contributed by atoms with Crippen molar-refractivity contribution in [1.29, 1.82) is 0 Å². The number of carbonyl (C=O) groups excluding carboxylic acids is 1. The number of nitrogens with one attached hydrogen (secondary N) is 1. The normalized spacial score (nSPS) is 12.6. The number of aliphatic hydroxyl groups is 1. The number of rotatable bonds is 17. The highest BCUT2D eigenvalue weighted by atomic mass is 16.3. The summed E-state index contributed by atoms with van der Waals surface area (Å²) in [5.74, 6) is 0.0330. The fourth-order valence-corrected chi connectivity index (χ4v) is 3.19. The maximum absolute atomic E-state index is 11.9. The van der Waals surface area contributed by atoms with Crippen molar-refractivity contribution in [3.63, 3.8) is 0 Å². The summed E-state index contributed by atoms with van der Waals surface area (Å²) in [4.78, 5) is 11.9. The molecule has 0 aliphatic heterocycles. The molecule has 0 radical (unpaired) electrons. The number of amides is 1. The van der Waals surface area contributed by atoms with E-state index in [1.165, 1.54) is 44.9 Å². The second kappa shape index (κ2) is 18.2. The van der Waals surface area contributed by atoms with E-state index in [1.54, 1.807) is 0 Å². The van der Waals surface area contributed by atoms with Crippen LogP contribution in [0, 0.1) is 0 Å². The number of hydrogen-bond acceptors (Lipinski definition) is 2. The molecule has 0 fully saturated rings. The second-order valence-electron chi connectivity index (χ2n) is 7.71. The van der Waals surface area contributed by atoms with Crippen LogP contribution in [0.5, 0.6) is 0 Å². The lowest BCUT2D eigenvalue weighted by Crippen LogP contribution is -2.28. The van der Waals surface area contributed by atoms with Crippen molar-refractivity contribution < 1.29 is 9.90 Å². The van der Waals surface area contributed by atoms with Gasteiger partial charge < -0.3 is 10.4 Å². The number of carbonyl (C=O) groups is 1. The smallest absolute Gasteiger partial charge is 0.220 e. The van der Waals surface area contributed by atoms with E-state index in [0.717, 1.165) is 31.2 Å². The van der Waals surface area contributed by atoms with Gasteiger partial charge in [0.25, 0.3) is 0 Å². The number of benzene rings is 1. The molecule has 1 amide bonds. The molecule has 0 saturated carbocycles. The maximum atomic E-state index is 11.9. The second-order valence-corrected chi connectivity index (χ2v) is 7.71. The molecule has 3 nitrogen and oxygen atoms in total. The van der Waals surface area contributed by atoms with Crippen molar-refractivity contribution in [3.05, 3.63) is 60.2 Å². The molecule has 1 rings (SSSR count). The topological polar surface area (TPSA) is 49.3 Å². The van der Waals surface area contributed by atoms with Crippen LogP contribution in [0.2, 0.25) is 0 Å².